The molecule has 0 fully saturated rings. The number of hydrogen-bond donors (Lipinski definition) is 1. The van der Waals surface area contributed by atoms with Crippen molar-refractivity contribution in [2.24, 2.45) is 0 Å². The highest BCUT2D eigenvalue weighted by Gasteiger charge is 2.41. The third-order valence-electron chi connectivity index (χ3n) is 6.20. The van der Waals surface area contributed by atoms with Gasteiger partial charge in [0.05, 0.1) is 18.3 Å². The summed E-state index contributed by atoms with van der Waals surface area (Å²) in [6.07, 6.45) is 0. The molecule has 0 spiro atoms. The van der Waals surface area contributed by atoms with E-state index in [9.17, 15) is 9.59 Å². The first-order valence-corrected chi connectivity index (χ1v) is 10.9. The lowest BCUT2D eigenvalue weighted by molar-refractivity contribution is -0.117. The van der Waals surface area contributed by atoms with Gasteiger partial charge in [0.1, 0.15) is 5.75 Å². The van der Waals surface area contributed by atoms with Crippen LogP contribution in [0.25, 0.3) is 16.7 Å². The van der Waals surface area contributed by atoms with Crippen molar-refractivity contribution in [3.8, 4) is 16.9 Å². The van der Waals surface area contributed by atoms with E-state index >= 15 is 0 Å². The van der Waals surface area contributed by atoms with Gasteiger partial charge in [-0.15, -0.1) is 0 Å². The second-order valence-corrected chi connectivity index (χ2v) is 8.69. The van der Waals surface area contributed by atoms with Crippen LogP contribution in [0.4, 0.5) is 5.69 Å². The maximum absolute atomic E-state index is 13.2. The second-order valence-electron chi connectivity index (χ2n) is 8.69. The molecule has 33 heavy (non-hydrogen) atoms. The first-order chi connectivity index (χ1) is 15.7. The Morgan fingerprint density at radius 1 is 0.909 bits per heavy atom. The minimum atomic E-state index is -0.755. The zero-order valence-corrected chi connectivity index (χ0v) is 19.6. The van der Waals surface area contributed by atoms with Crippen LogP contribution in [0.3, 0.4) is 0 Å². The second kappa shape index (κ2) is 8.58. The van der Waals surface area contributed by atoms with Crippen molar-refractivity contribution in [1.82, 2.24) is 5.32 Å². The molecule has 1 N–H and O–H groups in total. The number of anilines is 1. The zero-order chi connectivity index (χ0) is 23.8. The highest BCUT2D eigenvalue weighted by molar-refractivity contribution is 6.03. The van der Waals surface area contributed by atoms with Crippen LogP contribution in [0.5, 0.6) is 5.75 Å². The first kappa shape index (κ1) is 22.3. The van der Waals surface area contributed by atoms with Gasteiger partial charge in [0.2, 0.25) is 5.91 Å². The van der Waals surface area contributed by atoms with Crippen LogP contribution in [0.1, 0.15) is 43.6 Å². The standard InChI is InChI=1S/C28H28N2O3/c1-18-24-16-15-23(33-5)17-25(24)30(19(2)31)28(3,4)26(18)29-27(32)22-13-11-21(12-14-22)20-9-7-6-8-10-20/h6-17H,1-5H3,(H,29,32). The molecule has 0 radical (unpaired) electrons. The van der Waals surface area contributed by atoms with Gasteiger partial charge in [0.25, 0.3) is 5.91 Å². The van der Waals surface area contributed by atoms with E-state index in [2.05, 4.69) is 5.32 Å². The Bertz CT molecular complexity index is 1240. The maximum Gasteiger partial charge on any atom is 0.255 e. The van der Waals surface area contributed by atoms with Gasteiger partial charge in [0.15, 0.2) is 0 Å². The Morgan fingerprint density at radius 2 is 1.55 bits per heavy atom. The maximum atomic E-state index is 13.2. The summed E-state index contributed by atoms with van der Waals surface area (Å²) in [6, 6.07) is 23.2. The van der Waals surface area contributed by atoms with Crippen molar-refractivity contribution >= 4 is 23.1 Å². The minimum absolute atomic E-state index is 0.110. The molecular weight excluding hydrogens is 412 g/mol. The summed E-state index contributed by atoms with van der Waals surface area (Å²) in [6.45, 7) is 7.38. The Labute approximate surface area is 194 Å². The van der Waals surface area contributed by atoms with Gasteiger partial charge in [-0.2, -0.15) is 0 Å². The van der Waals surface area contributed by atoms with Gasteiger partial charge < -0.3 is 15.0 Å². The van der Waals surface area contributed by atoms with Crippen LogP contribution in [-0.2, 0) is 4.79 Å². The van der Waals surface area contributed by atoms with Crippen molar-refractivity contribution < 1.29 is 14.3 Å². The average molecular weight is 441 g/mol. The fourth-order valence-corrected chi connectivity index (χ4v) is 4.59. The molecule has 0 aromatic heterocycles. The number of ether oxygens (including phenoxy) is 1. The van der Waals surface area contributed by atoms with Crippen molar-refractivity contribution in [2.45, 2.75) is 33.2 Å². The third-order valence-corrected chi connectivity index (χ3v) is 6.20. The molecule has 0 saturated carbocycles. The normalized spacial score (nSPS) is 14.5. The highest BCUT2D eigenvalue weighted by Crippen LogP contribution is 2.44. The fraction of sp³-hybridized carbons (Fsp3) is 0.214. The summed E-state index contributed by atoms with van der Waals surface area (Å²) < 4.78 is 5.38. The molecule has 0 saturated heterocycles. The first-order valence-electron chi connectivity index (χ1n) is 10.9. The summed E-state index contributed by atoms with van der Waals surface area (Å²) in [5, 5.41) is 3.10. The average Bonchev–Trinajstić information content (AvgIpc) is 2.81. The van der Waals surface area contributed by atoms with E-state index in [1.807, 2.05) is 93.6 Å². The fourth-order valence-electron chi connectivity index (χ4n) is 4.59. The van der Waals surface area contributed by atoms with E-state index in [0.29, 0.717) is 17.0 Å². The molecule has 5 heteroatoms. The molecule has 0 bridgehead atoms. The Hall–Kier alpha value is -3.86. The van der Waals surface area contributed by atoms with Crippen LogP contribution >= 0.6 is 0 Å². The van der Waals surface area contributed by atoms with E-state index in [1.54, 1.807) is 12.0 Å². The van der Waals surface area contributed by atoms with Gasteiger partial charge >= 0.3 is 0 Å². The van der Waals surface area contributed by atoms with Gasteiger partial charge in [0, 0.05) is 29.8 Å². The largest absolute Gasteiger partial charge is 0.497 e. The number of amides is 2. The summed E-state index contributed by atoms with van der Waals surface area (Å²) in [7, 11) is 1.60. The van der Waals surface area contributed by atoms with E-state index in [4.69, 9.17) is 4.74 Å². The number of nitrogens with zero attached hydrogens (tertiary/aromatic N) is 1. The van der Waals surface area contributed by atoms with Gasteiger partial charge in [-0.25, -0.2) is 0 Å². The molecule has 1 aliphatic heterocycles. The summed E-state index contributed by atoms with van der Waals surface area (Å²) in [5.41, 5.74) is 5.23. The number of rotatable bonds is 4. The smallest absolute Gasteiger partial charge is 0.255 e. The molecule has 2 amide bonds. The third kappa shape index (κ3) is 4.02. The van der Waals surface area contributed by atoms with Crippen LogP contribution in [0, 0.1) is 0 Å². The number of allylic oxidation sites excluding steroid dienone is 1. The number of methoxy groups -OCH3 is 1. The van der Waals surface area contributed by atoms with Crippen molar-refractivity contribution in [3.05, 3.63) is 89.6 Å². The van der Waals surface area contributed by atoms with Crippen LogP contribution in [0.2, 0.25) is 0 Å². The van der Waals surface area contributed by atoms with E-state index in [0.717, 1.165) is 28.0 Å². The number of fused-ring (bicyclic) bond motifs is 1. The molecular formula is C28H28N2O3. The summed E-state index contributed by atoms with van der Waals surface area (Å²) in [5.74, 6) is 0.355. The van der Waals surface area contributed by atoms with Gasteiger partial charge in [-0.1, -0.05) is 42.5 Å². The van der Waals surface area contributed by atoms with E-state index in [-0.39, 0.29) is 11.8 Å². The number of carbonyl (C=O) groups is 2. The monoisotopic (exact) mass is 440 g/mol. The summed E-state index contributed by atoms with van der Waals surface area (Å²) in [4.78, 5) is 27.6. The molecule has 3 aromatic carbocycles. The number of carbonyl (C=O) groups excluding carboxylic acids is 2. The van der Waals surface area contributed by atoms with Gasteiger partial charge in [-0.05, 0) is 61.7 Å². The van der Waals surface area contributed by atoms with Crippen molar-refractivity contribution in [1.29, 1.82) is 0 Å². The zero-order valence-electron chi connectivity index (χ0n) is 19.6. The van der Waals surface area contributed by atoms with Crippen LogP contribution in [0.15, 0.2) is 78.5 Å². The number of hydrogen-bond acceptors (Lipinski definition) is 3. The molecule has 5 nitrogen and oxygen atoms in total. The molecule has 4 rings (SSSR count). The van der Waals surface area contributed by atoms with Crippen LogP contribution in [-0.4, -0.2) is 24.5 Å². The predicted molar refractivity (Wildman–Crippen MR) is 132 cm³/mol. The highest BCUT2D eigenvalue weighted by atomic mass is 16.5. The van der Waals surface area contributed by atoms with Gasteiger partial charge in [-0.3, -0.25) is 9.59 Å². The lowest BCUT2D eigenvalue weighted by Gasteiger charge is -2.45. The predicted octanol–water partition coefficient (Wildman–Crippen LogP) is 5.67. The molecule has 0 aliphatic carbocycles. The molecule has 1 heterocycles. The molecule has 168 valence electrons. The van der Waals surface area contributed by atoms with Crippen LogP contribution < -0.4 is 15.0 Å². The van der Waals surface area contributed by atoms with Crippen molar-refractivity contribution in [2.75, 3.05) is 12.0 Å². The van der Waals surface area contributed by atoms with Crippen molar-refractivity contribution in [3.63, 3.8) is 0 Å². The SMILES string of the molecule is COc1ccc2c(c1)N(C(C)=O)C(C)(C)C(NC(=O)c1ccc(-c3ccccc3)cc1)=C2C. The number of nitrogens with one attached hydrogen (secondary N) is 1. The molecule has 0 unspecified atom stereocenters. The lowest BCUT2D eigenvalue weighted by atomic mass is 9.84. The van der Waals surface area contributed by atoms with E-state index < -0.39 is 5.54 Å². The number of benzene rings is 3. The minimum Gasteiger partial charge on any atom is -0.497 e. The Balaban J connectivity index is 1.70. The lowest BCUT2D eigenvalue weighted by Crippen LogP contribution is -2.54. The molecule has 1 aliphatic rings. The Kier molecular flexibility index (Phi) is 5.81. The topological polar surface area (TPSA) is 58.6 Å². The molecule has 3 aromatic rings. The Morgan fingerprint density at radius 3 is 2.15 bits per heavy atom. The van der Waals surface area contributed by atoms with E-state index in [1.165, 1.54) is 6.92 Å². The molecule has 0 atom stereocenters. The summed E-state index contributed by atoms with van der Waals surface area (Å²) >= 11 is 0. The quantitative estimate of drug-likeness (QED) is 0.569.